The summed E-state index contributed by atoms with van der Waals surface area (Å²) in [4.78, 5) is 23.4. The number of carbonyl (C=O) groups excluding carboxylic acids is 2. The number of nitrogens with one attached hydrogen (secondary N) is 2. The average Bonchev–Trinajstić information content (AvgIpc) is 2.64. The monoisotopic (exact) mass is 350 g/mol. The van der Waals surface area contributed by atoms with Crippen molar-refractivity contribution in [2.75, 3.05) is 10.6 Å². The van der Waals surface area contributed by atoms with Crippen molar-refractivity contribution in [3.05, 3.63) is 77.7 Å². The van der Waals surface area contributed by atoms with Crippen LogP contribution in [0.1, 0.15) is 27.8 Å². The van der Waals surface area contributed by atoms with E-state index in [9.17, 15) is 14.0 Å². The molecule has 0 atom stereocenters. The van der Waals surface area contributed by atoms with E-state index in [0.717, 1.165) is 5.69 Å². The van der Waals surface area contributed by atoms with Gasteiger partial charge in [0.15, 0.2) is 17.3 Å². The summed E-state index contributed by atoms with van der Waals surface area (Å²) in [7, 11) is 0. The first-order valence-corrected chi connectivity index (χ1v) is 7.80. The number of rotatable bonds is 5. The van der Waals surface area contributed by atoms with Crippen molar-refractivity contribution in [1.82, 2.24) is 10.2 Å². The summed E-state index contributed by atoms with van der Waals surface area (Å²) in [6, 6.07) is 15.5. The SMILES string of the molecule is CC(=O)c1ccc(Nc2ccc(C(=O)Nc3ccc(F)cc3)nn2)cc1. The number of anilines is 3. The molecule has 26 heavy (non-hydrogen) atoms. The third-order valence-electron chi connectivity index (χ3n) is 3.56. The number of hydrogen-bond donors (Lipinski definition) is 2. The zero-order valence-corrected chi connectivity index (χ0v) is 13.9. The van der Waals surface area contributed by atoms with Crippen LogP contribution in [0.4, 0.5) is 21.6 Å². The highest BCUT2D eigenvalue weighted by Crippen LogP contribution is 2.16. The van der Waals surface area contributed by atoms with Gasteiger partial charge in [-0.1, -0.05) is 0 Å². The molecule has 0 saturated heterocycles. The Bertz CT molecular complexity index is 923. The molecule has 7 heteroatoms. The number of benzene rings is 2. The van der Waals surface area contributed by atoms with Gasteiger partial charge in [0, 0.05) is 16.9 Å². The van der Waals surface area contributed by atoms with Crippen molar-refractivity contribution in [3.8, 4) is 0 Å². The van der Waals surface area contributed by atoms with Gasteiger partial charge in [-0.15, -0.1) is 10.2 Å². The molecule has 1 heterocycles. The van der Waals surface area contributed by atoms with Crippen LogP contribution in [0.25, 0.3) is 0 Å². The smallest absolute Gasteiger partial charge is 0.276 e. The molecule has 0 aliphatic carbocycles. The minimum atomic E-state index is -0.443. The maximum atomic E-state index is 12.9. The highest BCUT2D eigenvalue weighted by atomic mass is 19.1. The topological polar surface area (TPSA) is 84.0 Å². The molecule has 2 N–H and O–H groups in total. The van der Waals surface area contributed by atoms with Crippen LogP contribution in [0.15, 0.2) is 60.7 Å². The first-order chi connectivity index (χ1) is 12.5. The number of hydrogen-bond acceptors (Lipinski definition) is 5. The van der Waals surface area contributed by atoms with E-state index in [1.54, 1.807) is 30.3 Å². The second-order valence-electron chi connectivity index (χ2n) is 5.52. The second-order valence-corrected chi connectivity index (χ2v) is 5.52. The fourth-order valence-corrected chi connectivity index (χ4v) is 2.18. The molecule has 0 aliphatic rings. The van der Waals surface area contributed by atoms with E-state index >= 15 is 0 Å². The molecule has 1 aromatic heterocycles. The fraction of sp³-hybridized carbons (Fsp3) is 0.0526. The number of Topliss-reactive ketones (excluding diaryl/α,β-unsaturated/α-hetero) is 1. The van der Waals surface area contributed by atoms with Crippen LogP contribution >= 0.6 is 0 Å². The molecule has 1 amide bonds. The van der Waals surface area contributed by atoms with Crippen LogP contribution in [0.3, 0.4) is 0 Å². The molecule has 0 radical (unpaired) electrons. The summed E-state index contributed by atoms with van der Waals surface area (Å²) in [6.45, 7) is 1.50. The minimum absolute atomic E-state index is 0.00661. The van der Waals surface area contributed by atoms with Gasteiger partial charge in [0.2, 0.25) is 0 Å². The lowest BCUT2D eigenvalue weighted by Crippen LogP contribution is -2.14. The molecule has 0 unspecified atom stereocenters. The van der Waals surface area contributed by atoms with Gasteiger partial charge >= 0.3 is 0 Å². The van der Waals surface area contributed by atoms with Crippen molar-refractivity contribution >= 4 is 28.9 Å². The Hall–Kier alpha value is -3.61. The Morgan fingerprint density at radius 3 is 2.08 bits per heavy atom. The molecular formula is C19H15FN4O2. The van der Waals surface area contributed by atoms with Gasteiger partial charge in [-0.2, -0.15) is 0 Å². The summed E-state index contributed by atoms with van der Waals surface area (Å²) in [5.41, 5.74) is 1.96. The van der Waals surface area contributed by atoms with Crippen LogP contribution in [0.5, 0.6) is 0 Å². The van der Waals surface area contributed by atoms with E-state index in [1.165, 1.54) is 37.3 Å². The Labute approximate surface area is 149 Å². The van der Waals surface area contributed by atoms with Crippen LogP contribution in [0, 0.1) is 5.82 Å². The van der Waals surface area contributed by atoms with E-state index < -0.39 is 5.91 Å². The maximum absolute atomic E-state index is 12.9. The molecule has 0 aliphatic heterocycles. The van der Waals surface area contributed by atoms with Crippen molar-refractivity contribution in [1.29, 1.82) is 0 Å². The van der Waals surface area contributed by atoms with Gasteiger partial charge in [-0.3, -0.25) is 9.59 Å². The maximum Gasteiger partial charge on any atom is 0.276 e. The second kappa shape index (κ2) is 7.52. The zero-order valence-electron chi connectivity index (χ0n) is 13.9. The van der Waals surface area contributed by atoms with Crippen molar-refractivity contribution in [2.45, 2.75) is 6.92 Å². The standard InChI is InChI=1S/C19H15FN4O2/c1-12(25)13-2-6-15(7-3-13)21-18-11-10-17(23-24-18)19(26)22-16-8-4-14(20)5-9-16/h2-11H,1H3,(H,21,24)(H,22,26). The number of carbonyl (C=O) groups is 2. The number of halogens is 1. The van der Waals surface area contributed by atoms with Crippen molar-refractivity contribution in [2.24, 2.45) is 0 Å². The van der Waals surface area contributed by atoms with Crippen LogP contribution in [0.2, 0.25) is 0 Å². The Morgan fingerprint density at radius 2 is 1.50 bits per heavy atom. The largest absolute Gasteiger partial charge is 0.339 e. The van der Waals surface area contributed by atoms with Crippen molar-refractivity contribution in [3.63, 3.8) is 0 Å². The third kappa shape index (κ3) is 4.27. The van der Waals surface area contributed by atoms with Crippen LogP contribution in [-0.4, -0.2) is 21.9 Å². The molecule has 130 valence electrons. The van der Waals surface area contributed by atoms with Gasteiger partial charge < -0.3 is 10.6 Å². The number of aromatic nitrogens is 2. The normalized spacial score (nSPS) is 10.2. The van der Waals surface area contributed by atoms with E-state index in [1.807, 2.05) is 0 Å². The van der Waals surface area contributed by atoms with Crippen LogP contribution < -0.4 is 10.6 Å². The van der Waals surface area contributed by atoms with E-state index in [0.29, 0.717) is 17.1 Å². The Kier molecular flexibility index (Phi) is 4.98. The lowest BCUT2D eigenvalue weighted by Gasteiger charge is -2.07. The first kappa shape index (κ1) is 17.2. The fourth-order valence-electron chi connectivity index (χ4n) is 2.18. The summed E-state index contributed by atoms with van der Waals surface area (Å²) in [6.07, 6.45) is 0. The van der Waals surface area contributed by atoms with E-state index in [4.69, 9.17) is 0 Å². The molecule has 3 rings (SSSR count). The Morgan fingerprint density at radius 1 is 0.846 bits per heavy atom. The molecule has 3 aromatic rings. The highest BCUT2D eigenvalue weighted by Gasteiger charge is 2.09. The van der Waals surface area contributed by atoms with Gasteiger partial charge in [0.05, 0.1) is 0 Å². The number of ketones is 1. The molecular weight excluding hydrogens is 335 g/mol. The molecule has 0 fully saturated rings. The quantitative estimate of drug-likeness (QED) is 0.684. The molecule has 0 bridgehead atoms. The van der Waals surface area contributed by atoms with Gasteiger partial charge in [-0.05, 0) is 67.6 Å². The first-order valence-electron chi connectivity index (χ1n) is 7.80. The van der Waals surface area contributed by atoms with Gasteiger partial charge in [-0.25, -0.2) is 4.39 Å². The number of amides is 1. The zero-order chi connectivity index (χ0) is 18.5. The van der Waals surface area contributed by atoms with E-state index in [2.05, 4.69) is 20.8 Å². The summed E-state index contributed by atoms with van der Waals surface area (Å²) >= 11 is 0. The molecule has 6 nitrogen and oxygen atoms in total. The number of nitrogens with zero attached hydrogens (tertiary/aromatic N) is 2. The predicted octanol–water partition coefficient (Wildman–Crippen LogP) is 3.81. The highest BCUT2D eigenvalue weighted by molar-refractivity contribution is 6.02. The molecule has 2 aromatic carbocycles. The van der Waals surface area contributed by atoms with Gasteiger partial charge in [0.1, 0.15) is 5.82 Å². The van der Waals surface area contributed by atoms with Crippen molar-refractivity contribution < 1.29 is 14.0 Å². The summed E-state index contributed by atoms with van der Waals surface area (Å²) < 4.78 is 12.9. The predicted molar refractivity (Wildman–Crippen MR) is 96.1 cm³/mol. The Balaban J connectivity index is 1.64. The molecule has 0 saturated carbocycles. The average molecular weight is 350 g/mol. The minimum Gasteiger partial charge on any atom is -0.339 e. The van der Waals surface area contributed by atoms with E-state index in [-0.39, 0.29) is 17.3 Å². The van der Waals surface area contributed by atoms with Gasteiger partial charge in [0.25, 0.3) is 5.91 Å². The lowest BCUT2D eigenvalue weighted by molar-refractivity contribution is 0.101. The lowest BCUT2D eigenvalue weighted by atomic mass is 10.1. The van der Waals surface area contributed by atoms with Crippen LogP contribution in [-0.2, 0) is 0 Å². The molecule has 0 spiro atoms. The third-order valence-corrected chi connectivity index (χ3v) is 3.56. The summed E-state index contributed by atoms with van der Waals surface area (Å²) in [5, 5.41) is 13.5. The summed E-state index contributed by atoms with van der Waals surface area (Å²) in [5.74, 6) is -0.372.